The van der Waals surface area contributed by atoms with Crippen LogP contribution in [0, 0.1) is 10.1 Å². The maximum absolute atomic E-state index is 10.9. The summed E-state index contributed by atoms with van der Waals surface area (Å²) in [5, 5.41) is 28.9. The number of carboxylic acids is 1. The van der Waals surface area contributed by atoms with Crippen LogP contribution in [0.5, 0.6) is 5.75 Å². The van der Waals surface area contributed by atoms with Crippen LogP contribution >= 0.6 is 0 Å². The summed E-state index contributed by atoms with van der Waals surface area (Å²) in [4.78, 5) is 20.7. The molecule has 2 N–H and O–H groups in total. The topological polar surface area (TPSA) is 110 Å². The summed E-state index contributed by atoms with van der Waals surface area (Å²) in [6.45, 7) is 3.00. The van der Waals surface area contributed by atoms with Crippen molar-refractivity contribution in [1.29, 1.82) is 0 Å². The van der Waals surface area contributed by atoms with Crippen LogP contribution in [0.1, 0.15) is 24.2 Å². The molecule has 7 nitrogen and oxygen atoms in total. The zero-order chi connectivity index (χ0) is 13.9. The molecular weight excluding hydrogens is 242 g/mol. The van der Waals surface area contributed by atoms with Crippen molar-refractivity contribution >= 4 is 11.7 Å². The maximum atomic E-state index is 10.9. The predicted octanol–water partition coefficient (Wildman–Crippen LogP) is 1.44. The van der Waals surface area contributed by atoms with Crippen molar-refractivity contribution in [3.63, 3.8) is 0 Å². The largest absolute Gasteiger partial charge is 0.491 e. The molecule has 0 atom stereocenters. The van der Waals surface area contributed by atoms with Gasteiger partial charge < -0.3 is 14.9 Å². The molecule has 0 amide bonds. The molecule has 0 saturated heterocycles. The first-order chi connectivity index (χ1) is 8.20. The normalized spacial score (nSPS) is 11.1. The molecule has 1 rings (SSSR count). The summed E-state index contributed by atoms with van der Waals surface area (Å²) >= 11 is 0. The molecule has 0 radical (unpaired) electrons. The molecule has 0 fully saturated rings. The highest BCUT2D eigenvalue weighted by molar-refractivity contribution is 5.92. The van der Waals surface area contributed by atoms with Crippen LogP contribution in [0.25, 0.3) is 0 Å². The number of carboxylic acid groups (broad SMARTS) is 1. The van der Waals surface area contributed by atoms with E-state index in [9.17, 15) is 20.0 Å². The van der Waals surface area contributed by atoms with Crippen LogP contribution in [0.2, 0.25) is 0 Å². The van der Waals surface area contributed by atoms with Crippen LogP contribution in [-0.4, -0.2) is 33.3 Å². The van der Waals surface area contributed by atoms with Crippen LogP contribution in [0.3, 0.4) is 0 Å². The van der Waals surface area contributed by atoms with E-state index in [2.05, 4.69) is 0 Å². The molecule has 1 aromatic carbocycles. The van der Waals surface area contributed by atoms with Crippen molar-refractivity contribution in [2.24, 2.45) is 0 Å². The van der Waals surface area contributed by atoms with Gasteiger partial charge in [-0.05, 0) is 19.9 Å². The Morgan fingerprint density at radius 3 is 2.56 bits per heavy atom. The number of nitro benzene ring substituents is 1. The maximum Gasteiger partial charge on any atom is 0.342 e. The fourth-order valence-electron chi connectivity index (χ4n) is 1.20. The van der Waals surface area contributed by atoms with Crippen molar-refractivity contribution < 1.29 is 24.7 Å². The Morgan fingerprint density at radius 1 is 1.50 bits per heavy atom. The van der Waals surface area contributed by atoms with Crippen molar-refractivity contribution in [1.82, 2.24) is 0 Å². The number of rotatable bonds is 5. The number of nitro groups is 1. The van der Waals surface area contributed by atoms with Gasteiger partial charge in [0, 0.05) is 12.1 Å². The Kier molecular flexibility index (Phi) is 3.87. The summed E-state index contributed by atoms with van der Waals surface area (Å²) in [6, 6.07) is 3.41. The molecule has 98 valence electrons. The van der Waals surface area contributed by atoms with Gasteiger partial charge >= 0.3 is 5.97 Å². The minimum atomic E-state index is -1.41. The quantitative estimate of drug-likeness (QED) is 0.608. The predicted molar refractivity (Wildman–Crippen MR) is 61.8 cm³/mol. The van der Waals surface area contributed by atoms with Gasteiger partial charge in [-0.15, -0.1) is 0 Å². The molecule has 18 heavy (non-hydrogen) atoms. The van der Waals surface area contributed by atoms with Crippen molar-refractivity contribution in [2.45, 2.75) is 19.4 Å². The molecule has 0 heterocycles. The van der Waals surface area contributed by atoms with Gasteiger partial charge in [0.25, 0.3) is 5.69 Å². The van der Waals surface area contributed by atoms with E-state index in [-0.39, 0.29) is 12.4 Å². The average Bonchev–Trinajstić information content (AvgIpc) is 2.24. The third-order valence-electron chi connectivity index (χ3n) is 1.99. The van der Waals surface area contributed by atoms with E-state index >= 15 is 0 Å². The van der Waals surface area contributed by atoms with E-state index in [1.54, 1.807) is 0 Å². The minimum Gasteiger partial charge on any atom is -0.491 e. The summed E-state index contributed by atoms with van der Waals surface area (Å²) in [5.41, 5.74) is -2.03. The highest BCUT2D eigenvalue weighted by Gasteiger charge is 2.21. The van der Waals surface area contributed by atoms with Crippen LogP contribution in [0.4, 0.5) is 5.69 Å². The lowest BCUT2D eigenvalue weighted by atomic mass is 10.1. The van der Waals surface area contributed by atoms with Gasteiger partial charge in [-0.3, -0.25) is 10.1 Å². The number of aliphatic hydroxyl groups is 1. The molecule has 0 aliphatic rings. The highest BCUT2D eigenvalue weighted by Crippen LogP contribution is 2.24. The second-order valence-corrected chi connectivity index (χ2v) is 4.34. The fraction of sp³-hybridized carbons (Fsp3) is 0.364. The van der Waals surface area contributed by atoms with Gasteiger partial charge in [0.15, 0.2) is 0 Å². The third kappa shape index (κ3) is 3.70. The number of hydrogen-bond acceptors (Lipinski definition) is 5. The number of hydrogen-bond donors (Lipinski definition) is 2. The number of ether oxygens (including phenoxy) is 1. The molecule has 0 aliphatic carbocycles. The molecule has 0 aromatic heterocycles. The number of nitrogens with zero attached hydrogens (tertiary/aromatic N) is 1. The second kappa shape index (κ2) is 5.01. The molecule has 0 bridgehead atoms. The van der Waals surface area contributed by atoms with Gasteiger partial charge in [0.2, 0.25) is 0 Å². The van der Waals surface area contributed by atoms with E-state index in [1.807, 2.05) is 0 Å². The Hall–Kier alpha value is -2.15. The third-order valence-corrected chi connectivity index (χ3v) is 1.99. The van der Waals surface area contributed by atoms with E-state index in [0.717, 1.165) is 12.1 Å². The molecule has 0 saturated carbocycles. The molecule has 0 spiro atoms. The van der Waals surface area contributed by atoms with Crippen LogP contribution in [-0.2, 0) is 0 Å². The minimum absolute atomic E-state index is 0.0517. The van der Waals surface area contributed by atoms with Gasteiger partial charge in [-0.2, -0.15) is 0 Å². The number of aromatic carboxylic acids is 1. The van der Waals surface area contributed by atoms with E-state index in [1.165, 1.54) is 19.9 Å². The van der Waals surface area contributed by atoms with Crippen molar-refractivity contribution in [3.8, 4) is 5.75 Å². The molecule has 0 aliphatic heterocycles. The first kappa shape index (κ1) is 13.9. The summed E-state index contributed by atoms with van der Waals surface area (Å²) < 4.78 is 5.16. The zero-order valence-electron chi connectivity index (χ0n) is 9.91. The average molecular weight is 255 g/mol. The van der Waals surface area contributed by atoms with Gasteiger partial charge in [-0.1, -0.05) is 0 Å². The molecule has 0 unspecified atom stereocenters. The Morgan fingerprint density at radius 2 is 2.11 bits per heavy atom. The highest BCUT2D eigenvalue weighted by atomic mass is 16.6. The van der Waals surface area contributed by atoms with Gasteiger partial charge in [-0.25, -0.2) is 4.79 Å². The lowest BCUT2D eigenvalue weighted by molar-refractivity contribution is -0.385. The van der Waals surface area contributed by atoms with Gasteiger partial charge in [0.05, 0.1) is 10.5 Å². The Labute approximate surface area is 103 Å². The van der Waals surface area contributed by atoms with Crippen molar-refractivity contribution in [2.75, 3.05) is 6.61 Å². The van der Waals surface area contributed by atoms with Crippen LogP contribution in [0.15, 0.2) is 18.2 Å². The smallest absolute Gasteiger partial charge is 0.342 e. The first-order valence-electron chi connectivity index (χ1n) is 5.07. The lowest BCUT2D eigenvalue weighted by Gasteiger charge is -2.17. The molecule has 1 aromatic rings. The van der Waals surface area contributed by atoms with E-state index in [4.69, 9.17) is 9.84 Å². The SMILES string of the molecule is CC(C)(O)COc1ccc([N+](=O)[O-])c(C(=O)O)c1. The summed E-state index contributed by atoms with van der Waals surface area (Å²) in [7, 11) is 0. The van der Waals surface area contributed by atoms with E-state index < -0.39 is 27.7 Å². The number of carbonyl (C=O) groups is 1. The molecular formula is C11H13NO6. The Balaban J connectivity index is 3.01. The van der Waals surface area contributed by atoms with Crippen LogP contribution < -0.4 is 4.74 Å². The summed E-state index contributed by atoms with van der Waals surface area (Å²) in [6.07, 6.45) is 0. The van der Waals surface area contributed by atoms with Crippen molar-refractivity contribution in [3.05, 3.63) is 33.9 Å². The Bertz CT molecular complexity index is 477. The first-order valence-corrected chi connectivity index (χ1v) is 5.07. The van der Waals surface area contributed by atoms with E-state index in [0.29, 0.717) is 0 Å². The summed E-state index contributed by atoms with van der Waals surface area (Å²) in [5.74, 6) is -1.25. The van der Waals surface area contributed by atoms with Gasteiger partial charge in [0.1, 0.15) is 17.9 Å². The zero-order valence-corrected chi connectivity index (χ0v) is 9.91. The monoisotopic (exact) mass is 255 g/mol. The second-order valence-electron chi connectivity index (χ2n) is 4.34. The lowest BCUT2D eigenvalue weighted by Crippen LogP contribution is -2.27. The molecule has 7 heteroatoms. The number of benzene rings is 1. The fourth-order valence-corrected chi connectivity index (χ4v) is 1.20. The standard InChI is InChI=1S/C11H13NO6/c1-11(2,15)6-18-7-3-4-9(12(16)17)8(5-7)10(13)14/h3-5,15H,6H2,1-2H3,(H,13,14).